The second kappa shape index (κ2) is 12.4. The standard InChI is InChI=1S/C41H32N4/c1-2-39(44-45-40-25-23-30(29-15-12-26-43-27-29)31-16-6-9-19-35(31)40)38(42)24-22-34-32-17-7-10-20-36(32)41(28-13-4-3-5-14-28)37-21-11-8-18-33(34)37/h2-27,32,36,42,45H,1H2/b24-22+,42-38?,44-39-. The molecule has 1 heterocycles. The van der Waals surface area contributed by atoms with Crippen molar-refractivity contribution in [1.82, 2.24) is 4.98 Å². The molecule has 1 aromatic heterocycles. The zero-order valence-electron chi connectivity index (χ0n) is 24.8. The van der Waals surface area contributed by atoms with Crippen molar-refractivity contribution in [3.63, 3.8) is 0 Å². The minimum atomic E-state index is 0.163. The van der Waals surface area contributed by atoms with Gasteiger partial charge in [-0.25, -0.2) is 0 Å². The first-order valence-electron chi connectivity index (χ1n) is 15.1. The number of hydrogen-bond donors (Lipinski definition) is 2. The summed E-state index contributed by atoms with van der Waals surface area (Å²) < 4.78 is 0. The van der Waals surface area contributed by atoms with Gasteiger partial charge in [0.05, 0.1) is 11.4 Å². The van der Waals surface area contributed by atoms with Crippen LogP contribution in [0.25, 0.3) is 33.0 Å². The van der Waals surface area contributed by atoms with Gasteiger partial charge in [0, 0.05) is 35.2 Å². The Morgan fingerprint density at radius 3 is 2.24 bits per heavy atom. The SMILES string of the molecule is C=C/C(=N/Nc1ccc(-c2cccnc2)c2ccccc12)C(=N)/C=C/C1=c2ccccc2=C(c2ccccc2)C2C=CC=CC12. The van der Waals surface area contributed by atoms with E-state index in [0.717, 1.165) is 27.6 Å². The molecule has 216 valence electrons. The highest BCUT2D eigenvalue weighted by atomic mass is 15.3. The largest absolute Gasteiger partial charge is 0.299 e. The lowest BCUT2D eigenvalue weighted by Gasteiger charge is -2.32. The molecule has 0 amide bonds. The number of aromatic nitrogens is 1. The molecule has 0 saturated heterocycles. The molecule has 0 aliphatic heterocycles. The van der Waals surface area contributed by atoms with E-state index in [2.05, 4.69) is 131 Å². The maximum Gasteiger partial charge on any atom is 0.108 e. The molecule has 0 saturated carbocycles. The average molecular weight is 581 g/mol. The summed E-state index contributed by atoms with van der Waals surface area (Å²) in [6.45, 7) is 3.97. The Morgan fingerprint density at radius 2 is 1.47 bits per heavy atom. The molecule has 4 heteroatoms. The van der Waals surface area contributed by atoms with Gasteiger partial charge in [-0.3, -0.25) is 15.8 Å². The van der Waals surface area contributed by atoms with E-state index in [1.165, 1.54) is 27.1 Å². The number of hydrogen-bond acceptors (Lipinski definition) is 4. The summed E-state index contributed by atoms with van der Waals surface area (Å²) in [5.41, 5.74) is 10.7. The summed E-state index contributed by atoms with van der Waals surface area (Å²) in [4.78, 5) is 4.30. The third-order valence-electron chi connectivity index (χ3n) is 8.53. The van der Waals surface area contributed by atoms with Gasteiger partial charge in [-0.2, -0.15) is 5.10 Å². The molecule has 2 N–H and O–H groups in total. The van der Waals surface area contributed by atoms with Gasteiger partial charge in [0.2, 0.25) is 0 Å². The van der Waals surface area contributed by atoms with Crippen LogP contribution in [0.5, 0.6) is 0 Å². The lowest BCUT2D eigenvalue weighted by atomic mass is 9.71. The Hall–Kier alpha value is -5.87. The van der Waals surface area contributed by atoms with Gasteiger partial charge in [0.15, 0.2) is 0 Å². The van der Waals surface area contributed by atoms with E-state index in [0.29, 0.717) is 5.71 Å². The molecular formula is C41H32N4. The fourth-order valence-electron chi connectivity index (χ4n) is 6.44. The predicted octanol–water partition coefficient (Wildman–Crippen LogP) is 7.85. The van der Waals surface area contributed by atoms with Crippen LogP contribution in [-0.4, -0.2) is 16.4 Å². The van der Waals surface area contributed by atoms with E-state index in [9.17, 15) is 0 Å². The Labute approximate surface area is 263 Å². The van der Waals surface area contributed by atoms with Gasteiger partial charge >= 0.3 is 0 Å². The maximum atomic E-state index is 8.94. The molecule has 45 heavy (non-hydrogen) atoms. The van der Waals surface area contributed by atoms with Gasteiger partial charge < -0.3 is 0 Å². The van der Waals surface area contributed by atoms with Gasteiger partial charge in [0.1, 0.15) is 5.71 Å². The van der Waals surface area contributed by atoms with E-state index in [4.69, 9.17) is 5.41 Å². The van der Waals surface area contributed by atoms with Crippen LogP contribution in [0.15, 0.2) is 170 Å². The highest BCUT2D eigenvalue weighted by Crippen LogP contribution is 2.38. The number of rotatable bonds is 8. The monoisotopic (exact) mass is 580 g/mol. The molecule has 2 aliphatic carbocycles. The van der Waals surface area contributed by atoms with Crippen LogP contribution in [0.3, 0.4) is 0 Å². The first-order chi connectivity index (χ1) is 22.2. The molecule has 0 fully saturated rings. The molecule has 0 bridgehead atoms. The van der Waals surface area contributed by atoms with E-state index in [1.807, 2.05) is 36.5 Å². The van der Waals surface area contributed by atoms with Crippen molar-refractivity contribution >= 4 is 39.0 Å². The van der Waals surface area contributed by atoms with Crippen LogP contribution in [0.2, 0.25) is 0 Å². The second-order valence-electron chi connectivity index (χ2n) is 11.1. The molecule has 4 aromatic carbocycles. The van der Waals surface area contributed by atoms with Crippen LogP contribution < -0.4 is 15.9 Å². The van der Waals surface area contributed by atoms with E-state index < -0.39 is 0 Å². The highest BCUT2D eigenvalue weighted by Gasteiger charge is 2.30. The zero-order chi connectivity index (χ0) is 30.6. The fraction of sp³-hybridized carbons (Fsp3) is 0.0488. The number of hydrazone groups is 1. The summed E-state index contributed by atoms with van der Waals surface area (Å²) >= 11 is 0. The highest BCUT2D eigenvalue weighted by molar-refractivity contribution is 6.49. The molecule has 2 unspecified atom stereocenters. The van der Waals surface area contributed by atoms with Gasteiger partial charge in [-0.15, -0.1) is 0 Å². The minimum Gasteiger partial charge on any atom is -0.299 e. The second-order valence-corrected chi connectivity index (χ2v) is 11.1. The number of anilines is 1. The number of nitrogens with zero attached hydrogens (tertiary/aromatic N) is 2. The number of allylic oxidation sites excluding steroid dienone is 7. The summed E-state index contributed by atoms with van der Waals surface area (Å²) in [5.74, 6) is 0.370. The summed E-state index contributed by atoms with van der Waals surface area (Å²) in [7, 11) is 0. The maximum absolute atomic E-state index is 8.94. The Bertz CT molecular complexity index is 2170. The van der Waals surface area contributed by atoms with Crippen molar-refractivity contribution in [3.05, 3.63) is 181 Å². The first kappa shape index (κ1) is 27.9. The van der Waals surface area contributed by atoms with Gasteiger partial charge in [-0.05, 0) is 62.4 Å². The molecule has 7 rings (SSSR count). The molecule has 2 aliphatic rings. The third-order valence-corrected chi connectivity index (χ3v) is 8.53. The van der Waals surface area contributed by atoms with Crippen LogP contribution in [0.1, 0.15) is 5.56 Å². The van der Waals surface area contributed by atoms with Crippen LogP contribution in [-0.2, 0) is 0 Å². The van der Waals surface area contributed by atoms with Crippen molar-refractivity contribution in [2.75, 3.05) is 5.43 Å². The topological polar surface area (TPSA) is 61.1 Å². The quantitative estimate of drug-likeness (QED) is 0.145. The number of fused-ring (bicyclic) bond motifs is 3. The Balaban J connectivity index is 1.23. The van der Waals surface area contributed by atoms with Crippen LogP contribution in [0.4, 0.5) is 5.69 Å². The first-order valence-corrected chi connectivity index (χ1v) is 15.1. The minimum absolute atomic E-state index is 0.163. The summed E-state index contributed by atoms with van der Waals surface area (Å²) in [6, 6.07) is 35.6. The molecular weight excluding hydrogens is 548 g/mol. The van der Waals surface area contributed by atoms with E-state index in [1.54, 1.807) is 12.3 Å². The zero-order valence-corrected chi connectivity index (χ0v) is 24.8. The van der Waals surface area contributed by atoms with Crippen molar-refractivity contribution in [3.8, 4) is 11.1 Å². The van der Waals surface area contributed by atoms with Gasteiger partial charge in [-0.1, -0.05) is 128 Å². The smallest absolute Gasteiger partial charge is 0.108 e. The molecule has 5 aromatic rings. The van der Waals surface area contributed by atoms with Crippen molar-refractivity contribution in [1.29, 1.82) is 5.41 Å². The predicted molar refractivity (Wildman–Crippen MR) is 189 cm³/mol. The number of pyridine rings is 1. The molecule has 0 radical (unpaired) electrons. The summed E-state index contributed by atoms with van der Waals surface area (Å²) in [6.07, 6.45) is 18.0. The van der Waals surface area contributed by atoms with Crippen molar-refractivity contribution in [2.24, 2.45) is 16.9 Å². The number of benzene rings is 4. The van der Waals surface area contributed by atoms with Crippen molar-refractivity contribution < 1.29 is 0 Å². The average Bonchev–Trinajstić information content (AvgIpc) is 3.11. The lowest BCUT2D eigenvalue weighted by molar-refractivity contribution is 0.689. The Morgan fingerprint density at radius 1 is 0.756 bits per heavy atom. The third kappa shape index (κ3) is 5.39. The molecule has 0 spiro atoms. The Kier molecular flexibility index (Phi) is 7.69. The number of nitrogens with one attached hydrogen (secondary N) is 2. The molecule has 4 nitrogen and oxygen atoms in total. The van der Waals surface area contributed by atoms with Gasteiger partial charge in [0.25, 0.3) is 0 Å². The van der Waals surface area contributed by atoms with E-state index >= 15 is 0 Å². The van der Waals surface area contributed by atoms with Crippen LogP contribution >= 0.6 is 0 Å². The fourth-order valence-corrected chi connectivity index (χ4v) is 6.44. The normalized spacial score (nSPS) is 17.3. The van der Waals surface area contributed by atoms with Crippen LogP contribution in [0, 0.1) is 17.2 Å². The summed E-state index contributed by atoms with van der Waals surface area (Å²) in [5, 5.41) is 18.1. The van der Waals surface area contributed by atoms with E-state index in [-0.39, 0.29) is 17.5 Å². The van der Waals surface area contributed by atoms with Crippen molar-refractivity contribution in [2.45, 2.75) is 0 Å². The molecule has 2 atom stereocenters. The lowest BCUT2D eigenvalue weighted by Crippen LogP contribution is -2.39.